The SMILES string of the molecule is CC(=O)Nc1ccc(Oc2cc(C(F)(F)F)nc3ncnn23)cc1. The minimum absolute atomic E-state index is 0.183. The zero-order valence-corrected chi connectivity index (χ0v) is 12.2. The van der Waals surface area contributed by atoms with Gasteiger partial charge in [-0.25, -0.2) is 4.98 Å². The second-order valence-electron chi connectivity index (χ2n) is 4.76. The highest BCUT2D eigenvalue weighted by atomic mass is 19.4. The molecule has 10 heteroatoms. The van der Waals surface area contributed by atoms with Crippen molar-refractivity contribution in [1.29, 1.82) is 0 Å². The lowest BCUT2D eigenvalue weighted by Crippen LogP contribution is -2.11. The van der Waals surface area contributed by atoms with Crippen LogP contribution in [0.1, 0.15) is 12.6 Å². The Morgan fingerprint density at radius 1 is 1.25 bits per heavy atom. The monoisotopic (exact) mass is 337 g/mol. The number of ether oxygens (including phenoxy) is 1. The fourth-order valence-corrected chi connectivity index (χ4v) is 1.93. The maximum atomic E-state index is 12.9. The van der Waals surface area contributed by atoms with E-state index in [9.17, 15) is 18.0 Å². The number of carbonyl (C=O) groups excluding carboxylic acids is 1. The average Bonchev–Trinajstić information content (AvgIpc) is 2.96. The average molecular weight is 337 g/mol. The Kier molecular flexibility index (Phi) is 3.80. The second kappa shape index (κ2) is 5.80. The molecule has 0 radical (unpaired) electrons. The minimum atomic E-state index is -4.64. The third-order valence-corrected chi connectivity index (χ3v) is 2.91. The van der Waals surface area contributed by atoms with Crippen molar-refractivity contribution in [3.8, 4) is 11.6 Å². The summed E-state index contributed by atoms with van der Waals surface area (Å²) in [6.07, 6.45) is -3.56. The van der Waals surface area contributed by atoms with Crippen LogP contribution in [0.25, 0.3) is 5.78 Å². The molecule has 124 valence electrons. The summed E-state index contributed by atoms with van der Waals surface area (Å²) in [5, 5.41) is 6.36. The number of aromatic nitrogens is 4. The highest BCUT2D eigenvalue weighted by molar-refractivity contribution is 5.88. The number of halogens is 3. The van der Waals surface area contributed by atoms with Crippen LogP contribution < -0.4 is 10.1 Å². The van der Waals surface area contributed by atoms with Crippen molar-refractivity contribution in [3.63, 3.8) is 0 Å². The number of amides is 1. The van der Waals surface area contributed by atoms with Crippen LogP contribution in [-0.2, 0) is 11.0 Å². The van der Waals surface area contributed by atoms with Crippen molar-refractivity contribution in [2.75, 3.05) is 5.32 Å². The molecule has 24 heavy (non-hydrogen) atoms. The van der Waals surface area contributed by atoms with Crippen LogP contribution in [0.2, 0.25) is 0 Å². The molecule has 1 amide bonds. The van der Waals surface area contributed by atoms with Gasteiger partial charge in [0.2, 0.25) is 11.8 Å². The van der Waals surface area contributed by atoms with E-state index >= 15 is 0 Å². The predicted octanol–water partition coefficient (Wildman–Crippen LogP) is 2.89. The Balaban J connectivity index is 1.94. The van der Waals surface area contributed by atoms with Crippen LogP contribution in [0, 0.1) is 0 Å². The quantitative estimate of drug-likeness (QED) is 0.795. The third-order valence-electron chi connectivity index (χ3n) is 2.91. The molecule has 0 saturated carbocycles. The van der Waals surface area contributed by atoms with Crippen LogP contribution in [0.4, 0.5) is 18.9 Å². The Hall–Kier alpha value is -3.17. The smallest absolute Gasteiger partial charge is 0.433 e. The lowest BCUT2D eigenvalue weighted by Gasteiger charge is -2.11. The van der Waals surface area contributed by atoms with Crippen LogP contribution in [0.15, 0.2) is 36.7 Å². The van der Waals surface area contributed by atoms with E-state index in [0.29, 0.717) is 5.69 Å². The Labute approximate surface area is 133 Å². The van der Waals surface area contributed by atoms with Crippen molar-refractivity contribution < 1.29 is 22.7 Å². The van der Waals surface area contributed by atoms with Crippen molar-refractivity contribution in [1.82, 2.24) is 19.6 Å². The van der Waals surface area contributed by atoms with Crippen LogP contribution in [-0.4, -0.2) is 25.5 Å². The highest BCUT2D eigenvalue weighted by Crippen LogP contribution is 2.31. The summed E-state index contributed by atoms with van der Waals surface area (Å²) in [7, 11) is 0. The molecule has 0 fully saturated rings. The number of hydrogen-bond acceptors (Lipinski definition) is 5. The molecule has 3 aromatic rings. The van der Waals surface area contributed by atoms with E-state index in [4.69, 9.17) is 4.74 Å². The lowest BCUT2D eigenvalue weighted by molar-refractivity contribution is -0.141. The van der Waals surface area contributed by atoms with Crippen LogP contribution in [0.5, 0.6) is 11.6 Å². The number of hydrogen-bond donors (Lipinski definition) is 1. The molecule has 2 heterocycles. The van der Waals surface area contributed by atoms with E-state index in [1.54, 1.807) is 12.1 Å². The Bertz CT molecular complexity index is 890. The summed E-state index contributed by atoms with van der Waals surface area (Å²) in [6, 6.07) is 6.86. The number of fused-ring (bicyclic) bond motifs is 1. The Morgan fingerprint density at radius 2 is 1.96 bits per heavy atom. The van der Waals surface area contributed by atoms with E-state index in [1.807, 2.05) is 0 Å². The Morgan fingerprint density at radius 3 is 2.58 bits per heavy atom. The first-order valence-electron chi connectivity index (χ1n) is 6.66. The number of anilines is 1. The number of rotatable bonds is 3. The van der Waals surface area contributed by atoms with Gasteiger partial charge in [0.25, 0.3) is 5.78 Å². The molecule has 0 bridgehead atoms. The van der Waals surface area contributed by atoms with E-state index < -0.39 is 11.9 Å². The van der Waals surface area contributed by atoms with Gasteiger partial charge in [0.05, 0.1) is 0 Å². The summed E-state index contributed by atoms with van der Waals surface area (Å²) >= 11 is 0. The van der Waals surface area contributed by atoms with Gasteiger partial charge in [0.1, 0.15) is 12.1 Å². The molecule has 0 aliphatic carbocycles. The number of nitrogens with one attached hydrogen (secondary N) is 1. The zero-order chi connectivity index (χ0) is 17.3. The van der Waals surface area contributed by atoms with Gasteiger partial charge in [-0.05, 0) is 24.3 Å². The molecular weight excluding hydrogens is 327 g/mol. The summed E-state index contributed by atoms with van der Waals surface area (Å²) in [5.74, 6) is -0.385. The molecule has 0 atom stereocenters. The molecule has 0 spiro atoms. The number of nitrogens with zero attached hydrogens (tertiary/aromatic N) is 4. The van der Waals surface area contributed by atoms with E-state index in [0.717, 1.165) is 16.9 Å². The predicted molar refractivity (Wildman–Crippen MR) is 76.6 cm³/mol. The van der Waals surface area contributed by atoms with Crippen LogP contribution in [0.3, 0.4) is 0 Å². The fraction of sp³-hybridized carbons (Fsp3) is 0.143. The first kappa shape index (κ1) is 15.7. The highest BCUT2D eigenvalue weighted by Gasteiger charge is 2.34. The van der Waals surface area contributed by atoms with Gasteiger partial charge in [-0.1, -0.05) is 0 Å². The molecule has 0 aliphatic rings. The van der Waals surface area contributed by atoms with Gasteiger partial charge in [0, 0.05) is 18.7 Å². The van der Waals surface area contributed by atoms with Crippen molar-refractivity contribution in [2.24, 2.45) is 0 Å². The van der Waals surface area contributed by atoms with Gasteiger partial charge in [-0.3, -0.25) is 4.79 Å². The summed E-state index contributed by atoms with van der Waals surface area (Å²) in [4.78, 5) is 18.0. The first-order chi connectivity index (χ1) is 11.3. The number of carbonyl (C=O) groups is 1. The standard InChI is InChI=1S/C14H10F3N5O2/c1-8(23)20-9-2-4-10(5-3-9)24-12-6-11(14(15,16)17)21-13-18-7-19-22(12)13/h2-7H,1H3,(H,20,23). The molecule has 2 aromatic heterocycles. The largest absolute Gasteiger partial charge is 0.439 e. The van der Waals surface area contributed by atoms with Crippen molar-refractivity contribution in [3.05, 3.63) is 42.4 Å². The molecule has 1 N–H and O–H groups in total. The number of alkyl halides is 3. The fourth-order valence-electron chi connectivity index (χ4n) is 1.93. The van der Waals surface area contributed by atoms with Gasteiger partial charge >= 0.3 is 6.18 Å². The lowest BCUT2D eigenvalue weighted by atomic mass is 10.3. The van der Waals surface area contributed by atoms with E-state index in [-0.39, 0.29) is 23.3 Å². The topological polar surface area (TPSA) is 81.4 Å². The van der Waals surface area contributed by atoms with Gasteiger partial charge in [-0.15, -0.1) is 0 Å². The summed E-state index contributed by atoms with van der Waals surface area (Å²) in [5.41, 5.74) is -0.598. The van der Waals surface area contributed by atoms with E-state index in [2.05, 4.69) is 20.4 Å². The second-order valence-corrected chi connectivity index (χ2v) is 4.76. The molecule has 0 saturated heterocycles. The molecular formula is C14H10F3N5O2. The molecule has 3 rings (SSSR count). The van der Waals surface area contributed by atoms with E-state index in [1.165, 1.54) is 19.1 Å². The van der Waals surface area contributed by atoms with Gasteiger partial charge in [0.15, 0.2) is 5.69 Å². The first-order valence-corrected chi connectivity index (χ1v) is 6.66. The molecule has 0 unspecified atom stereocenters. The normalized spacial score (nSPS) is 11.5. The zero-order valence-electron chi connectivity index (χ0n) is 12.2. The maximum absolute atomic E-state index is 12.9. The third kappa shape index (κ3) is 3.26. The molecule has 1 aromatic carbocycles. The minimum Gasteiger partial charge on any atom is -0.439 e. The summed E-state index contributed by atoms with van der Waals surface area (Å²) < 4.78 is 45.2. The summed E-state index contributed by atoms with van der Waals surface area (Å²) in [6.45, 7) is 1.36. The maximum Gasteiger partial charge on any atom is 0.433 e. The van der Waals surface area contributed by atoms with Crippen molar-refractivity contribution in [2.45, 2.75) is 13.1 Å². The molecule has 7 nitrogen and oxygen atoms in total. The number of benzene rings is 1. The molecule has 0 aliphatic heterocycles. The van der Waals surface area contributed by atoms with Crippen molar-refractivity contribution >= 4 is 17.4 Å². The van der Waals surface area contributed by atoms with Gasteiger partial charge < -0.3 is 10.1 Å². The van der Waals surface area contributed by atoms with Crippen LogP contribution >= 0.6 is 0 Å². The van der Waals surface area contributed by atoms with Gasteiger partial charge in [-0.2, -0.15) is 27.8 Å².